The number of rotatable bonds is 6. The highest BCUT2D eigenvalue weighted by molar-refractivity contribution is 7.89. The van der Waals surface area contributed by atoms with E-state index < -0.39 is 10.0 Å². The van der Waals surface area contributed by atoms with Crippen LogP contribution in [0.15, 0.2) is 89.8 Å². The predicted molar refractivity (Wildman–Crippen MR) is 114 cm³/mol. The van der Waals surface area contributed by atoms with Gasteiger partial charge in [-0.05, 0) is 34.2 Å². The molecule has 28 heavy (non-hydrogen) atoms. The molecule has 0 amide bonds. The summed E-state index contributed by atoms with van der Waals surface area (Å²) in [7, 11) is -3.63. The zero-order chi connectivity index (χ0) is 20.2. The van der Waals surface area contributed by atoms with Crippen molar-refractivity contribution in [1.29, 1.82) is 0 Å². The van der Waals surface area contributed by atoms with Gasteiger partial charge in [-0.2, -0.15) is 4.31 Å². The minimum absolute atomic E-state index is 0.0178. The van der Waals surface area contributed by atoms with Crippen LogP contribution in [0.2, 0.25) is 0 Å². The van der Waals surface area contributed by atoms with Crippen LogP contribution in [0.5, 0.6) is 0 Å². The van der Waals surface area contributed by atoms with E-state index in [2.05, 4.69) is 20.8 Å². The van der Waals surface area contributed by atoms with Crippen molar-refractivity contribution in [3.63, 3.8) is 0 Å². The summed E-state index contributed by atoms with van der Waals surface area (Å²) in [5, 5.41) is 0. The summed E-state index contributed by atoms with van der Waals surface area (Å²) in [6.07, 6.45) is 0. The van der Waals surface area contributed by atoms with Gasteiger partial charge >= 0.3 is 0 Å². The molecule has 0 fully saturated rings. The molecule has 0 aliphatic heterocycles. The predicted octanol–water partition coefficient (Wildman–Crippen LogP) is 5.38. The van der Waals surface area contributed by atoms with Gasteiger partial charge in [0, 0.05) is 13.1 Å². The normalized spacial score (nSPS) is 12.3. The van der Waals surface area contributed by atoms with Crippen molar-refractivity contribution in [1.82, 2.24) is 4.31 Å². The molecule has 0 aliphatic rings. The highest BCUT2D eigenvalue weighted by Gasteiger charge is 2.25. The van der Waals surface area contributed by atoms with Crippen LogP contribution in [-0.2, 0) is 28.5 Å². The molecular weight excluding hydrogens is 366 g/mol. The molecule has 3 nitrogen and oxygen atoms in total. The van der Waals surface area contributed by atoms with E-state index in [1.54, 1.807) is 16.4 Å². The second kappa shape index (κ2) is 8.29. The molecule has 4 heteroatoms. The Kier molecular flexibility index (Phi) is 6.01. The Hall–Kier alpha value is -2.43. The SMILES string of the molecule is CC(C)(C)c1ccc(S(=O)(=O)N(Cc2ccccc2)Cc2ccccc2)cc1. The van der Waals surface area contributed by atoms with E-state index >= 15 is 0 Å². The molecule has 0 N–H and O–H groups in total. The maximum Gasteiger partial charge on any atom is 0.243 e. The van der Waals surface area contributed by atoms with Crippen LogP contribution in [-0.4, -0.2) is 12.7 Å². The summed E-state index contributed by atoms with van der Waals surface area (Å²) in [6.45, 7) is 7.02. The van der Waals surface area contributed by atoms with Gasteiger partial charge in [0.1, 0.15) is 0 Å². The second-order valence-corrected chi connectivity index (χ2v) is 9.96. The van der Waals surface area contributed by atoms with Crippen LogP contribution in [0, 0.1) is 0 Å². The Balaban J connectivity index is 1.95. The van der Waals surface area contributed by atoms with Crippen molar-refractivity contribution in [2.24, 2.45) is 0 Å². The highest BCUT2D eigenvalue weighted by Crippen LogP contribution is 2.26. The first-order valence-electron chi connectivity index (χ1n) is 9.45. The molecule has 3 aromatic rings. The van der Waals surface area contributed by atoms with Crippen molar-refractivity contribution in [2.75, 3.05) is 0 Å². The first kappa shape index (κ1) is 20.3. The van der Waals surface area contributed by atoms with Gasteiger partial charge in [-0.3, -0.25) is 0 Å². The smallest absolute Gasteiger partial charge is 0.207 e. The fourth-order valence-corrected chi connectivity index (χ4v) is 4.49. The molecule has 146 valence electrons. The zero-order valence-electron chi connectivity index (χ0n) is 16.7. The molecular formula is C24H27NO2S. The first-order valence-corrected chi connectivity index (χ1v) is 10.9. The highest BCUT2D eigenvalue weighted by atomic mass is 32.2. The Morgan fingerprint density at radius 2 is 1.11 bits per heavy atom. The van der Waals surface area contributed by atoms with Crippen LogP contribution >= 0.6 is 0 Å². The van der Waals surface area contributed by atoms with Crippen LogP contribution in [0.4, 0.5) is 0 Å². The molecule has 0 atom stereocenters. The fourth-order valence-electron chi connectivity index (χ4n) is 3.08. The summed E-state index contributed by atoms with van der Waals surface area (Å²) < 4.78 is 28.4. The molecule has 0 saturated carbocycles. The topological polar surface area (TPSA) is 37.4 Å². The van der Waals surface area contributed by atoms with Gasteiger partial charge in [-0.1, -0.05) is 93.6 Å². The molecule has 0 saturated heterocycles. The lowest BCUT2D eigenvalue weighted by atomic mass is 9.87. The standard InChI is InChI=1S/C24H27NO2S/c1-24(2,3)22-14-16-23(17-15-22)28(26,27)25(18-20-10-6-4-7-11-20)19-21-12-8-5-9-13-21/h4-17H,18-19H2,1-3H3. The summed E-state index contributed by atoms with van der Waals surface area (Å²) in [5.74, 6) is 0. The Bertz CT molecular complexity index is 948. The molecule has 0 radical (unpaired) electrons. The monoisotopic (exact) mass is 393 g/mol. The Morgan fingerprint density at radius 1 is 0.679 bits per heavy atom. The fraction of sp³-hybridized carbons (Fsp3) is 0.250. The number of benzene rings is 3. The minimum Gasteiger partial charge on any atom is -0.207 e. The van der Waals surface area contributed by atoms with Crippen molar-refractivity contribution < 1.29 is 8.42 Å². The van der Waals surface area contributed by atoms with Gasteiger partial charge < -0.3 is 0 Å². The average molecular weight is 394 g/mol. The van der Waals surface area contributed by atoms with Gasteiger partial charge in [-0.25, -0.2) is 8.42 Å². The van der Waals surface area contributed by atoms with E-state index in [0.717, 1.165) is 16.7 Å². The minimum atomic E-state index is -3.63. The van der Waals surface area contributed by atoms with Gasteiger partial charge in [0.25, 0.3) is 0 Å². The van der Waals surface area contributed by atoms with Gasteiger partial charge in [-0.15, -0.1) is 0 Å². The summed E-state index contributed by atoms with van der Waals surface area (Å²) in [5.41, 5.74) is 3.03. The van der Waals surface area contributed by atoms with Gasteiger partial charge in [0.2, 0.25) is 10.0 Å². The number of hydrogen-bond acceptors (Lipinski definition) is 2. The molecule has 0 unspecified atom stereocenters. The molecule has 0 aliphatic carbocycles. The number of hydrogen-bond donors (Lipinski definition) is 0. The lowest BCUT2D eigenvalue weighted by Gasteiger charge is -2.24. The van der Waals surface area contributed by atoms with E-state index in [-0.39, 0.29) is 5.41 Å². The van der Waals surface area contributed by atoms with E-state index in [0.29, 0.717) is 18.0 Å². The van der Waals surface area contributed by atoms with E-state index in [9.17, 15) is 8.42 Å². The van der Waals surface area contributed by atoms with E-state index in [1.165, 1.54) is 0 Å². The molecule has 3 rings (SSSR count). The van der Waals surface area contributed by atoms with Crippen LogP contribution in [0.3, 0.4) is 0 Å². The molecule has 0 aromatic heterocycles. The first-order chi connectivity index (χ1) is 13.3. The Labute approximate surface area is 168 Å². The maximum absolute atomic E-state index is 13.4. The third-order valence-corrected chi connectivity index (χ3v) is 6.57. The van der Waals surface area contributed by atoms with Crippen molar-refractivity contribution in [2.45, 2.75) is 44.2 Å². The van der Waals surface area contributed by atoms with Crippen LogP contribution in [0.25, 0.3) is 0 Å². The quantitative estimate of drug-likeness (QED) is 0.564. The van der Waals surface area contributed by atoms with Crippen molar-refractivity contribution >= 4 is 10.0 Å². The summed E-state index contributed by atoms with van der Waals surface area (Å²) in [4.78, 5) is 0.326. The third kappa shape index (κ3) is 4.89. The second-order valence-electron chi connectivity index (χ2n) is 8.02. The average Bonchev–Trinajstić information content (AvgIpc) is 2.68. The van der Waals surface area contributed by atoms with Crippen molar-refractivity contribution in [3.8, 4) is 0 Å². The van der Waals surface area contributed by atoms with Gasteiger partial charge in [0.15, 0.2) is 0 Å². The number of sulfonamides is 1. The third-order valence-electron chi connectivity index (χ3n) is 4.76. The lowest BCUT2D eigenvalue weighted by Crippen LogP contribution is -2.30. The van der Waals surface area contributed by atoms with Crippen molar-refractivity contribution in [3.05, 3.63) is 102 Å². The largest absolute Gasteiger partial charge is 0.243 e. The molecule has 0 heterocycles. The number of nitrogens with zero attached hydrogens (tertiary/aromatic N) is 1. The maximum atomic E-state index is 13.4. The molecule has 3 aromatic carbocycles. The Morgan fingerprint density at radius 3 is 1.50 bits per heavy atom. The molecule has 0 bridgehead atoms. The molecule has 0 spiro atoms. The zero-order valence-corrected chi connectivity index (χ0v) is 17.5. The van der Waals surface area contributed by atoms with Gasteiger partial charge in [0.05, 0.1) is 4.90 Å². The van der Waals surface area contributed by atoms with Crippen LogP contribution in [0.1, 0.15) is 37.5 Å². The summed E-state index contributed by atoms with van der Waals surface area (Å²) >= 11 is 0. The summed E-state index contributed by atoms with van der Waals surface area (Å²) in [6, 6.07) is 26.7. The van der Waals surface area contributed by atoms with E-state index in [1.807, 2.05) is 72.8 Å². The lowest BCUT2D eigenvalue weighted by molar-refractivity contribution is 0.401. The van der Waals surface area contributed by atoms with E-state index in [4.69, 9.17) is 0 Å². The van der Waals surface area contributed by atoms with Crippen LogP contribution < -0.4 is 0 Å².